The van der Waals surface area contributed by atoms with Gasteiger partial charge in [-0.25, -0.2) is 0 Å². The van der Waals surface area contributed by atoms with Gasteiger partial charge in [-0.15, -0.1) is 0 Å². The van der Waals surface area contributed by atoms with E-state index in [-0.39, 0.29) is 12.1 Å². The maximum Gasteiger partial charge on any atom is 0.256 e. The summed E-state index contributed by atoms with van der Waals surface area (Å²) < 4.78 is 7.25. The predicted octanol–water partition coefficient (Wildman–Crippen LogP) is 17.1. The van der Waals surface area contributed by atoms with E-state index < -0.39 is 0 Å². The lowest BCUT2D eigenvalue weighted by Crippen LogP contribution is -2.59. The Hall–Kier alpha value is -8.14. The molecule has 0 fully saturated rings. The lowest BCUT2D eigenvalue weighted by atomic mass is 9.34. The van der Waals surface area contributed by atoms with Gasteiger partial charge in [0, 0.05) is 22.5 Å². The van der Waals surface area contributed by atoms with Gasteiger partial charge in [0.25, 0.3) is 6.71 Å². The Morgan fingerprint density at radius 3 is 1.35 bits per heavy atom. The van der Waals surface area contributed by atoms with Gasteiger partial charge in [0.2, 0.25) is 0 Å². The van der Waals surface area contributed by atoms with Crippen LogP contribution in [-0.2, 0) is 11.8 Å². The van der Waals surface area contributed by atoms with Crippen molar-refractivity contribution in [3.63, 3.8) is 0 Å². The average Bonchev–Trinajstić information content (AvgIpc) is 3.43. The topological polar surface area (TPSA) is 12.5 Å². The molecule has 0 unspecified atom stereocenters. The first-order valence-corrected chi connectivity index (χ1v) is 25.8. The van der Waals surface area contributed by atoms with Gasteiger partial charge in [0.15, 0.2) is 0 Å². The van der Waals surface area contributed by atoms with Crippen molar-refractivity contribution in [3.8, 4) is 78.3 Å². The normalized spacial score (nSPS) is 12.4. The van der Waals surface area contributed by atoms with Crippen molar-refractivity contribution in [1.29, 1.82) is 0 Å². The summed E-state index contributed by atoms with van der Waals surface area (Å²) in [6.45, 7) is 9.22. The van der Waals surface area contributed by atoms with E-state index in [2.05, 4.69) is 263 Å². The minimum absolute atomic E-state index is 0.0851. The molecule has 2 aliphatic rings. The molecule has 0 aromatic heterocycles. The van der Waals surface area contributed by atoms with E-state index in [1.54, 1.807) is 0 Å². The highest BCUT2D eigenvalue weighted by Crippen LogP contribution is 2.51. The van der Waals surface area contributed by atoms with Crippen LogP contribution < -0.4 is 26.0 Å². The fourth-order valence-corrected chi connectivity index (χ4v) is 11.1. The molecule has 0 aliphatic carbocycles. The largest absolute Gasteiger partial charge is 0.458 e. The summed E-state index contributed by atoms with van der Waals surface area (Å²) in [6, 6.07) is 85.5. The van der Waals surface area contributed by atoms with Crippen LogP contribution in [0, 0.1) is 0 Å². The fraction of sp³-hybridized carbons (Fsp3) is 0.130. The molecule has 0 atom stereocenters. The van der Waals surface area contributed by atoms with Crippen LogP contribution in [0.4, 0.5) is 17.1 Å². The molecule has 0 N–H and O–H groups in total. The van der Waals surface area contributed by atoms with Crippen LogP contribution in [0.3, 0.4) is 0 Å². The second-order valence-electron chi connectivity index (χ2n) is 20.7. The standard InChI is InChI=1S/C69H58BNO/c1-5-6-11-20-47-41-64-67-66(42-47)72-65-40-38-57(51-27-18-10-19-28-51)44-62(65)70(67)61-43-56(50-25-16-9-17-26-50)37-39-63(61)71(64)68-59(54-33-29-52(30-34-54)48-21-12-7-13-22-48)45-58(69(2,3)4)46-60(68)55-35-31-53(32-36-55)49-23-14-8-15-24-49/h7-10,12-19,21-46H,5-6,11,20H2,1-4H3. The lowest BCUT2D eigenvalue weighted by Gasteiger charge is -2.42. The van der Waals surface area contributed by atoms with E-state index in [1.165, 1.54) is 112 Å². The number of anilines is 3. The number of hydrogen-bond donors (Lipinski definition) is 0. The van der Waals surface area contributed by atoms with Crippen LogP contribution in [0.25, 0.3) is 66.8 Å². The molecule has 72 heavy (non-hydrogen) atoms. The van der Waals surface area contributed by atoms with Gasteiger partial charge in [0.1, 0.15) is 11.5 Å². The summed E-state index contributed by atoms with van der Waals surface area (Å²) in [4.78, 5) is 2.63. The zero-order valence-electron chi connectivity index (χ0n) is 41.7. The molecule has 0 spiro atoms. The number of fused-ring (bicyclic) bond motifs is 4. The van der Waals surface area contributed by atoms with Crippen LogP contribution in [0.2, 0.25) is 0 Å². The highest BCUT2D eigenvalue weighted by molar-refractivity contribution is 6.99. The zero-order chi connectivity index (χ0) is 48.8. The van der Waals surface area contributed by atoms with Crippen molar-refractivity contribution >= 4 is 40.2 Å². The van der Waals surface area contributed by atoms with Crippen molar-refractivity contribution in [2.45, 2.75) is 58.8 Å². The number of aryl methyl sites for hydroxylation is 1. The van der Waals surface area contributed by atoms with E-state index in [1.807, 2.05) is 0 Å². The number of ether oxygens (including phenoxy) is 1. The van der Waals surface area contributed by atoms with Gasteiger partial charge in [0.05, 0.1) is 5.69 Å². The van der Waals surface area contributed by atoms with Gasteiger partial charge in [-0.05, 0) is 138 Å². The molecule has 2 aliphatic heterocycles. The fourth-order valence-electron chi connectivity index (χ4n) is 11.1. The Balaban J connectivity index is 1.17. The highest BCUT2D eigenvalue weighted by Gasteiger charge is 2.43. The second kappa shape index (κ2) is 18.9. The first-order valence-electron chi connectivity index (χ1n) is 25.8. The highest BCUT2D eigenvalue weighted by atomic mass is 16.5. The van der Waals surface area contributed by atoms with Gasteiger partial charge in [-0.1, -0.05) is 235 Å². The number of benzene rings is 10. The van der Waals surface area contributed by atoms with E-state index >= 15 is 0 Å². The Labute approximate surface area is 426 Å². The van der Waals surface area contributed by atoms with Gasteiger partial charge in [-0.2, -0.15) is 0 Å². The quantitative estimate of drug-likeness (QED) is 0.0947. The Kier molecular flexibility index (Phi) is 11.8. The molecular formula is C69H58BNO. The van der Waals surface area contributed by atoms with E-state index in [0.29, 0.717) is 0 Å². The third kappa shape index (κ3) is 8.43. The van der Waals surface area contributed by atoms with Crippen LogP contribution in [0.15, 0.2) is 231 Å². The maximum absolute atomic E-state index is 7.25. The SMILES string of the molecule is CCCCCc1cc2c3c(c1)N(c1c(-c4ccc(-c5ccccc5)cc4)cc(C(C)(C)C)cc1-c1ccc(-c4ccccc4)cc1)c1ccc(-c4ccccc4)cc1B3c1cc(-c3ccccc3)ccc1O2. The third-order valence-electron chi connectivity index (χ3n) is 14.9. The van der Waals surface area contributed by atoms with Crippen molar-refractivity contribution in [2.75, 3.05) is 4.90 Å². The van der Waals surface area contributed by atoms with Gasteiger partial charge in [-0.3, -0.25) is 0 Å². The van der Waals surface area contributed by atoms with Crippen molar-refractivity contribution in [1.82, 2.24) is 0 Å². The summed E-state index contributed by atoms with van der Waals surface area (Å²) in [5.74, 6) is 1.86. The van der Waals surface area contributed by atoms with Crippen LogP contribution >= 0.6 is 0 Å². The maximum atomic E-state index is 7.25. The minimum Gasteiger partial charge on any atom is -0.458 e. The molecule has 0 saturated heterocycles. The van der Waals surface area contributed by atoms with E-state index in [9.17, 15) is 0 Å². The molecule has 0 bridgehead atoms. The summed E-state index contributed by atoms with van der Waals surface area (Å²) in [7, 11) is 0. The molecule has 348 valence electrons. The zero-order valence-corrected chi connectivity index (χ0v) is 41.7. The lowest BCUT2D eigenvalue weighted by molar-refractivity contribution is 0.486. The van der Waals surface area contributed by atoms with Gasteiger partial charge >= 0.3 is 0 Å². The minimum atomic E-state index is -0.141. The summed E-state index contributed by atoms with van der Waals surface area (Å²) in [5, 5.41) is 0. The van der Waals surface area contributed by atoms with Crippen LogP contribution in [0.1, 0.15) is 58.1 Å². The predicted molar refractivity (Wildman–Crippen MR) is 307 cm³/mol. The number of unbranched alkanes of at least 4 members (excludes halogenated alkanes) is 2. The van der Waals surface area contributed by atoms with Gasteiger partial charge < -0.3 is 9.64 Å². The molecule has 2 heterocycles. The molecule has 3 heteroatoms. The Morgan fingerprint density at radius 1 is 0.403 bits per heavy atom. The summed E-state index contributed by atoms with van der Waals surface area (Å²) in [6.07, 6.45) is 4.43. The molecular weight excluding hydrogens is 870 g/mol. The number of nitrogens with zero attached hydrogens (tertiary/aromatic N) is 1. The molecule has 12 rings (SSSR count). The van der Waals surface area contributed by atoms with Crippen molar-refractivity contribution < 1.29 is 4.74 Å². The first-order chi connectivity index (χ1) is 35.3. The molecule has 0 saturated carbocycles. The van der Waals surface area contributed by atoms with Crippen molar-refractivity contribution in [2.24, 2.45) is 0 Å². The van der Waals surface area contributed by atoms with Crippen LogP contribution in [-0.4, -0.2) is 6.71 Å². The number of hydrogen-bond acceptors (Lipinski definition) is 2. The van der Waals surface area contributed by atoms with E-state index in [4.69, 9.17) is 4.74 Å². The Morgan fingerprint density at radius 2 is 0.847 bits per heavy atom. The molecule has 10 aromatic carbocycles. The second-order valence-corrected chi connectivity index (χ2v) is 20.7. The summed E-state index contributed by atoms with van der Waals surface area (Å²) >= 11 is 0. The number of rotatable bonds is 11. The molecule has 0 radical (unpaired) electrons. The molecule has 10 aromatic rings. The van der Waals surface area contributed by atoms with Crippen molar-refractivity contribution in [3.05, 3.63) is 242 Å². The van der Waals surface area contributed by atoms with Crippen LogP contribution in [0.5, 0.6) is 11.5 Å². The molecule has 2 nitrogen and oxygen atoms in total. The monoisotopic (exact) mass is 927 g/mol. The average molecular weight is 928 g/mol. The third-order valence-corrected chi connectivity index (χ3v) is 14.9. The first kappa shape index (κ1) is 45.0. The molecule has 0 amide bonds. The van der Waals surface area contributed by atoms with E-state index in [0.717, 1.165) is 36.4 Å². The smallest absolute Gasteiger partial charge is 0.256 e. The summed E-state index contributed by atoms with van der Waals surface area (Å²) in [5.41, 5.74) is 23.9. The Bertz CT molecular complexity index is 3460.